The quantitative estimate of drug-likeness (QED) is 0.495. The minimum atomic E-state index is -1.08. The molecule has 2 heterocycles. The van der Waals surface area contributed by atoms with Crippen LogP contribution in [-0.2, 0) is 10.3 Å². The number of thiophene rings is 1. The molecule has 3 aromatic rings. The smallest absolute Gasteiger partial charge is 0.265 e. The van der Waals surface area contributed by atoms with Crippen LogP contribution in [0.15, 0.2) is 60.7 Å². The predicted molar refractivity (Wildman–Crippen MR) is 118 cm³/mol. The molecule has 4 nitrogen and oxygen atoms in total. The van der Waals surface area contributed by atoms with Crippen LogP contribution in [-0.4, -0.2) is 23.8 Å². The van der Waals surface area contributed by atoms with Gasteiger partial charge in [0.15, 0.2) is 11.5 Å². The average Bonchev–Trinajstić information content (AvgIpc) is 3.22. The maximum absolute atomic E-state index is 13.2. The first kappa shape index (κ1) is 18.5. The van der Waals surface area contributed by atoms with Crippen LogP contribution in [0.5, 0.6) is 0 Å². The lowest BCUT2D eigenvalue weighted by Crippen LogP contribution is -2.44. The van der Waals surface area contributed by atoms with Gasteiger partial charge < -0.3 is 5.32 Å². The first-order valence-electron chi connectivity index (χ1n) is 8.19. The van der Waals surface area contributed by atoms with E-state index in [9.17, 15) is 4.79 Å². The molecule has 1 aromatic heterocycles. The van der Waals surface area contributed by atoms with Gasteiger partial charge in [-0.15, -0.1) is 11.3 Å². The summed E-state index contributed by atoms with van der Waals surface area (Å²) in [6.45, 7) is 0. The molecule has 7 heteroatoms. The highest BCUT2D eigenvalue weighted by molar-refractivity contribution is 14.1. The van der Waals surface area contributed by atoms with Gasteiger partial charge in [-0.3, -0.25) is 15.1 Å². The lowest BCUT2D eigenvalue weighted by Gasteiger charge is -2.26. The number of carbonyl (C=O) groups is 1. The van der Waals surface area contributed by atoms with Crippen LogP contribution in [0.1, 0.15) is 10.4 Å². The van der Waals surface area contributed by atoms with E-state index >= 15 is 0 Å². The molecule has 1 aliphatic rings. The fraction of sp³-hybridized carbons (Fsp3) is 0.100. The number of guanidine groups is 1. The molecule has 0 aliphatic carbocycles. The number of amides is 1. The summed E-state index contributed by atoms with van der Waals surface area (Å²) in [5.74, 6) is -0.0659. The minimum Gasteiger partial charge on any atom is -0.334 e. The first-order valence-corrected chi connectivity index (χ1v) is 10.5. The van der Waals surface area contributed by atoms with E-state index in [0.717, 1.165) is 24.5 Å². The van der Waals surface area contributed by atoms with E-state index in [-0.39, 0.29) is 11.9 Å². The van der Waals surface area contributed by atoms with Gasteiger partial charge in [0, 0.05) is 25.4 Å². The van der Waals surface area contributed by atoms with Crippen molar-refractivity contribution in [2.24, 2.45) is 0 Å². The molecule has 136 valence electrons. The van der Waals surface area contributed by atoms with Crippen molar-refractivity contribution in [3.63, 3.8) is 0 Å². The van der Waals surface area contributed by atoms with Gasteiger partial charge in [-0.05, 0) is 64.0 Å². The lowest BCUT2D eigenvalue weighted by atomic mass is 9.88. The van der Waals surface area contributed by atoms with Gasteiger partial charge in [-0.25, -0.2) is 0 Å². The molecule has 0 spiro atoms. The number of nitrogens with zero attached hydrogens (tertiary/aromatic N) is 1. The van der Waals surface area contributed by atoms with Crippen molar-refractivity contribution < 1.29 is 4.79 Å². The summed E-state index contributed by atoms with van der Waals surface area (Å²) in [4.78, 5) is 16.4. The van der Waals surface area contributed by atoms with Crippen LogP contribution >= 0.6 is 45.5 Å². The number of benzene rings is 2. The number of hydrogen-bond donors (Lipinski definition) is 2. The Bertz CT molecular complexity index is 1030. The van der Waals surface area contributed by atoms with Crippen LogP contribution in [0.3, 0.4) is 0 Å². The molecule has 1 unspecified atom stereocenters. The fourth-order valence-electron chi connectivity index (χ4n) is 3.25. The van der Waals surface area contributed by atoms with Gasteiger partial charge in [-0.1, -0.05) is 41.9 Å². The number of hydrogen-bond acceptors (Lipinski definition) is 3. The van der Waals surface area contributed by atoms with Crippen LogP contribution in [0.25, 0.3) is 10.4 Å². The Kier molecular flexibility index (Phi) is 4.73. The number of nitrogens with one attached hydrogen (secondary N) is 2. The average molecular weight is 508 g/mol. The molecule has 2 N–H and O–H groups in total. The third kappa shape index (κ3) is 3.05. The number of carbonyl (C=O) groups excluding carboxylic acids is 1. The zero-order valence-corrected chi connectivity index (χ0v) is 18.0. The zero-order valence-electron chi connectivity index (χ0n) is 14.3. The second-order valence-electron chi connectivity index (χ2n) is 6.28. The molecule has 1 aliphatic heterocycles. The summed E-state index contributed by atoms with van der Waals surface area (Å²) in [5.41, 5.74) is 0.750. The molecule has 0 saturated carbocycles. The summed E-state index contributed by atoms with van der Waals surface area (Å²) in [5, 5.41) is 12.0. The van der Waals surface area contributed by atoms with Crippen molar-refractivity contribution in [1.29, 1.82) is 5.41 Å². The topological polar surface area (TPSA) is 56.2 Å². The van der Waals surface area contributed by atoms with E-state index in [2.05, 4.69) is 34.0 Å². The molecule has 4 rings (SSSR count). The lowest BCUT2D eigenvalue weighted by molar-refractivity contribution is -0.129. The molecule has 2 aromatic carbocycles. The van der Waals surface area contributed by atoms with Crippen molar-refractivity contribution in [1.82, 2.24) is 10.2 Å². The molecular formula is C20H15ClIN3OS. The third-order valence-electron chi connectivity index (χ3n) is 4.60. The highest BCUT2D eigenvalue weighted by Gasteiger charge is 2.51. The van der Waals surface area contributed by atoms with Gasteiger partial charge in [0.05, 0.1) is 0 Å². The van der Waals surface area contributed by atoms with Crippen molar-refractivity contribution in [3.05, 3.63) is 79.7 Å². The number of halogens is 2. The Hall–Kier alpha value is -1.90. The SMILES string of the molecule is CN1C(=N)NC(c2ccccc2)(c2ccc(-c3cc(Cl)cc(I)c3)s2)C1=O. The maximum Gasteiger partial charge on any atom is 0.265 e. The third-order valence-corrected chi connectivity index (χ3v) is 6.69. The Balaban J connectivity index is 1.87. The van der Waals surface area contributed by atoms with Crippen LogP contribution in [0.4, 0.5) is 0 Å². The summed E-state index contributed by atoms with van der Waals surface area (Å²) in [7, 11) is 1.62. The molecule has 27 heavy (non-hydrogen) atoms. The fourth-order valence-corrected chi connectivity index (χ4v) is 5.50. The summed E-state index contributed by atoms with van der Waals surface area (Å²) >= 11 is 9.99. The van der Waals surface area contributed by atoms with Crippen molar-refractivity contribution >= 4 is 57.4 Å². The van der Waals surface area contributed by atoms with Crippen LogP contribution < -0.4 is 5.32 Å². The minimum absolute atomic E-state index is 0.0936. The van der Waals surface area contributed by atoms with Gasteiger partial charge in [0.2, 0.25) is 0 Å². The second kappa shape index (κ2) is 6.92. The van der Waals surface area contributed by atoms with Crippen LogP contribution in [0, 0.1) is 8.98 Å². The highest BCUT2D eigenvalue weighted by Crippen LogP contribution is 2.42. The zero-order chi connectivity index (χ0) is 19.2. The molecule has 1 saturated heterocycles. The first-order chi connectivity index (χ1) is 12.9. The Morgan fingerprint density at radius 3 is 2.52 bits per heavy atom. The Morgan fingerprint density at radius 1 is 1.15 bits per heavy atom. The molecular weight excluding hydrogens is 493 g/mol. The maximum atomic E-state index is 13.2. The monoisotopic (exact) mass is 507 g/mol. The molecule has 0 bridgehead atoms. The van der Waals surface area contributed by atoms with Gasteiger partial charge in [-0.2, -0.15) is 0 Å². The number of likely N-dealkylation sites (N-methyl/N-ethyl adjacent to an activating group) is 1. The van der Waals surface area contributed by atoms with Crippen LogP contribution in [0.2, 0.25) is 5.02 Å². The molecule has 1 atom stereocenters. The predicted octanol–water partition coefficient (Wildman–Crippen LogP) is 4.91. The van der Waals surface area contributed by atoms with Gasteiger partial charge >= 0.3 is 0 Å². The van der Waals surface area contributed by atoms with Crippen molar-refractivity contribution in [3.8, 4) is 10.4 Å². The van der Waals surface area contributed by atoms with Crippen molar-refractivity contribution in [2.45, 2.75) is 5.54 Å². The molecule has 1 fully saturated rings. The Labute approximate surface area is 179 Å². The normalized spacial score (nSPS) is 19.4. The van der Waals surface area contributed by atoms with E-state index in [1.807, 2.05) is 54.6 Å². The molecule has 0 radical (unpaired) electrons. The summed E-state index contributed by atoms with van der Waals surface area (Å²) < 4.78 is 1.06. The van der Waals surface area contributed by atoms with E-state index in [4.69, 9.17) is 17.0 Å². The molecule has 1 amide bonds. The number of rotatable bonds is 3. The Morgan fingerprint density at radius 2 is 1.89 bits per heavy atom. The summed E-state index contributed by atoms with van der Waals surface area (Å²) in [6, 6.07) is 19.4. The van der Waals surface area contributed by atoms with Gasteiger partial charge in [0.25, 0.3) is 5.91 Å². The van der Waals surface area contributed by atoms with E-state index in [1.165, 1.54) is 16.2 Å². The second-order valence-corrected chi connectivity index (χ2v) is 9.04. The van der Waals surface area contributed by atoms with E-state index in [1.54, 1.807) is 7.05 Å². The van der Waals surface area contributed by atoms with E-state index in [0.29, 0.717) is 5.02 Å². The highest BCUT2D eigenvalue weighted by atomic mass is 127. The van der Waals surface area contributed by atoms with E-state index < -0.39 is 5.54 Å². The summed E-state index contributed by atoms with van der Waals surface area (Å²) in [6.07, 6.45) is 0. The largest absolute Gasteiger partial charge is 0.334 e. The van der Waals surface area contributed by atoms with Crippen molar-refractivity contribution in [2.75, 3.05) is 7.05 Å². The standard InChI is InChI=1S/C20H15ClIN3OS/c1-25-18(26)20(24-19(25)23,13-5-3-2-4-6-13)17-8-7-16(27-17)12-9-14(21)11-15(22)10-12/h2-11H,1H3,(H2,23,24). The van der Waals surface area contributed by atoms with Gasteiger partial charge in [0.1, 0.15) is 0 Å².